The number of aromatic nitrogens is 2. The van der Waals surface area contributed by atoms with Crippen LogP contribution in [0.5, 0.6) is 0 Å². The number of aryl methyl sites for hydroxylation is 1. The van der Waals surface area contributed by atoms with Gasteiger partial charge in [0.15, 0.2) is 17.4 Å². The van der Waals surface area contributed by atoms with E-state index in [1.54, 1.807) is 34.9 Å². The second kappa shape index (κ2) is 9.22. The van der Waals surface area contributed by atoms with Gasteiger partial charge in [-0.3, -0.25) is 9.59 Å². The van der Waals surface area contributed by atoms with Gasteiger partial charge in [-0.05, 0) is 43.8 Å². The Morgan fingerprint density at radius 2 is 1.88 bits per heavy atom. The molecular weight excluding hydrogens is 431 g/mol. The van der Waals surface area contributed by atoms with Crippen LogP contribution in [0.25, 0.3) is 17.1 Å². The highest BCUT2D eigenvalue weighted by Gasteiger charge is 2.22. The Balaban J connectivity index is 1.73. The molecule has 1 aliphatic heterocycles. The number of hydrogen-bond acceptors (Lipinski definition) is 5. The molecule has 8 heteroatoms. The molecule has 0 bridgehead atoms. The van der Waals surface area contributed by atoms with Crippen LogP contribution in [0, 0.1) is 5.82 Å². The van der Waals surface area contributed by atoms with Crippen LogP contribution in [0.4, 0.5) is 10.2 Å². The Hall–Kier alpha value is -3.03. The number of likely N-dealkylation sites (N-methyl/N-ethyl adjacent to an activating group) is 1. The van der Waals surface area contributed by atoms with Gasteiger partial charge in [-0.1, -0.05) is 29.8 Å². The highest BCUT2D eigenvalue weighted by atomic mass is 35.5. The molecule has 0 atom stereocenters. The number of halogens is 2. The highest BCUT2D eigenvalue weighted by molar-refractivity contribution is 6.30. The standard InChI is InChI=1S/C24H24ClFN4O2/c1-3-29-15-19(21(31)9-6-16-4-7-17(25)8-5-16)22(32)18-14-20(26)24(27-23(18)29)30-12-10-28(2)11-13-30/h4-9,14-15H,3,10-13H2,1-2H3. The fourth-order valence-corrected chi connectivity index (χ4v) is 3.89. The minimum Gasteiger partial charge on any atom is -0.352 e. The van der Waals surface area contributed by atoms with Gasteiger partial charge >= 0.3 is 0 Å². The summed E-state index contributed by atoms with van der Waals surface area (Å²) in [5.41, 5.74) is 0.625. The number of nitrogens with zero attached hydrogens (tertiary/aromatic N) is 4. The quantitative estimate of drug-likeness (QED) is 0.433. The van der Waals surface area contributed by atoms with Crippen LogP contribution in [0.1, 0.15) is 22.8 Å². The fourth-order valence-electron chi connectivity index (χ4n) is 3.77. The van der Waals surface area contributed by atoms with Crippen molar-refractivity contribution in [2.24, 2.45) is 0 Å². The molecule has 3 aromatic rings. The minimum atomic E-state index is -0.553. The molecule has 0 N–H and O–H groups in total. The number of allylic oxidation sites excluding steroid dienone is 1. The zero-order valence-corrected chi connectivity index (χ0v) is 18.8. The maximum Gasteiger partial charge on any atom is 0.202 e. The molecule has 166 valence electrons. The van der Waals surface area contributed by atoms with Gasteiger partial charge in [0.1, 0.15) is 5.65 Å². The van der Waals surface area contributed by atoms with Gasteiger partial charge in [-0.25, -0.2) is 9.37 Å². The summed E-state index contributed by atoms with van der Waals surface area (Å²) >= 11 is 5.88. The van der Waals surface area contributed by atoms with E-state index < -0.39 is 17.0 Å². The van der Waals surface area contributed by atoms with Crippen molar-refractivity contribution in [2.45, 2.75) is 13.5 Å². The Morgan fingerprint density at radius 3 is 2.53 bits per heavy atom. The molecule has 1 saturated heterocycles. The first kappa shape index (κ1) is 22.2. The number of benzene rings is 1. The molecule has 6 nitrogen and oxygen atoms in total. The van der Waals surface area contributed by atoms with Crippen molar-refractivity contribution in [2.75, 3.05) is 38.1 Å². The average Bonchev–Trinajstić information content (AvgIpc) is 2.79. The van der Waals surface area contributed by atoms with Crippen LogP contribution in [0.2, 0.25) is 5.02 Å². The first-order chi connectivity index (χ1) is 15.4. The van der Waals surface area contributed by atoms with Gasteiger partial charge in [0, 0.05) is 43.9 Å². The second-order valence-corrected chi connectivity index (χ2v) is 8.30. The van der Waals surface area contributed by atoms with Crippen molar-refractivity contribution in [1.82, 2.24) is 14.5 Å². The number of ketones is 1. The summed E-state index contributed by atoms with van der Waals surface area (Å²) in [6, 6.07) is 8.20. The van der Waals surface area contributed by atoms with Crippen molar-refractivity contribution in [3.63, 3.8) is 0 Å². The Kier molecular flexibility index (Phi) is 6.39. The summed E-state index contributed by atoms with van der Waals surface area (Å²) in [6.45, 7) is 5.32. The molecule has 0 unspecified atom stereocenters. The fraction of sp³-hybridized carbons (Fsp3) is 0.292. The molecule has 0 radical (unpaired) electrons. The van der Waals surface area contributed by atoms with Crippen LogP contribution >= 0.6 is 11.6 Å². The van der Waals surface area contributed by atoms with E-state index >= 15 is 0 Å². The molecule has 0 amide bonds. The number of piperazine rings is 1. The van der Waals surface area contributed by atoms with Crippen LogP contribution in [0.3, 0.4) is 0 Å². The molecule has 2 aromatic heterocycles. The maximum atomic E-state index is 15.0. The van der Waals surface area contributed by atoms with Crippen molar-refractivity contribution in [1.29, 1.82) is 0 Å². The summed E-state index contributed by atoms with van der Waals surface area (Å²) < 4.78 is 16.7. The zero-order valence-electron chi connectivity index (χ0n) is 18.0. The molecule has 0 saturated carbocycles. The Morgan fingerprint density at radius 1 is 1.19 bits per heavy atom. The number of anilines is 1. The topological polar surface area (TPSA) is 58.4 Å². The summed E-state index contributed by atoms with van der Waals surface area (Å²) in [7, 11) is 2.02. The lowest BCUT2D eigenvalue weighted by atomic mass is 10.1. The van der Waals surface area contributed by atoms with Gasteiger partial charge in [0.05, 0.1) is 10.9 Å². The zero-order chi connectivity index (χ0) is 22.8. The van der Waals surface area contributed by atoms with Gasteiger partial charge in [0.2, 0.25) is 5.43 Å². The minimum absolute atomic E-state index is 0.0156. The Bertz CT molecular complexity index is 1250. The van der Waals surface area contributed by atoms with E-state index in [-0.39, 0.29) is 16.8 Å². The highest BCUT2D eigenvalue weighted by Crippen LogP contribution is 2.23. The van der Waals surface area contributed by atoms with Crippen LogP contribution in [0.15, 0.2) is 47.4 Å². The van der Waals surface area contributed by atoms with Crippen molar-refractivity contribution < 1.29 is 9.18 Å². The maximum absolute atomic E-state index is 15.0. The third kappa shape index (κ3) is 4.45. The van der Waals surface area contributed by atoms with Crippen LogP contribution < -0.4 is 10.3 Å². The number of fused-ring (bicyclic) bond motifs is 1. The first-order valence-electron chi connectivity index (χ1n) is 10.5. The SMILES string of the molecule is CCn1cc(C(=O)C=Cc2ccc(Cl)cc2)c(=O)c2cc(F)c(N3CCN(C)CC3)nc21. The summed E-state index contributed by atoms with van der Waals surface area (Å²) in [6.07, 6.45) is 4.47. The summed E-state index contributed by atoms with van der Waals surface area (Å²) in [5.74, 6) is -0.755. The van der Waals surface area contributed by atoms with Gasteiger partial charge in [-0.15, -0.1) is 0 Å². The van der Waals surface area contributed by atoms with Gasteiger partial charge in [-0.2, -0.15) is 0 Å². The molecule has 1 fully saturated rings. The van der Waals surface area contributed by atoms with E-state index in [1.165, 1.54) is 18.3 Å². The summed E-state index contributed by atoms with van der Waals surface area (Å²) in [4.78, 5) is 34.4. The molecule has 0 spiro atoms. The van der Waals surface area contributed by atoms with Crippen LogP contribution in [-0.4, -0.2) is 53.5 Å². The largest absolute Gasteiger partial charge is 0.352 e. The first-order valence-corrected chi connectivity index (χ1v) is 10.9. The number of carbonyl (C=O) groups is 1. The Labute approximate surface area is 190 Å². The number of carbonyl (C=O) groups excluding carboxylic acids is 1. The summed E-state index contributed by atoms with van der Waals surface area (Å²) in [5, 5.41) is 0.701. The van der Waals surface area contributed by atoms with Crippen molar-refractivity contribution in [3.8, 4) is 0 Å². The molecule has 0 aliphatic carbocycles. The lowest BCUT2D eigenvalue weighted by molar-refractivity contribution is 0.104. The van der Waals surface area contributed by atoms with E-state index in [0.29, 0.717) is 30.3 Å². The predicted molar refractivity (Wildman–Crippen MR) is 126 cm³/mol. The number of hydrogen-bond donors (Lipinski definition) is 0. The second-order valence-electron chi connectivity index (χ2n) is 7.86. The van der Waals surface area contributed by atoms with Gasteiger partial charge < -0.3 is 14.4 Å². The van der Waals surface area contributed by atoms with E-state index in [9.17, 15) is 14.0 Å². The molecular formula is C24H24ClFN4O2. The van der Waals surface area contributed by atoms with Crippen molar-refractivity contribution >= 4 is 40.3 Å². The number of rotatable bonds is 5. The van der Waals surface area contributed by atoms with Crippen molar-refractivity contribution in [3.05, 3.63) is 74.8 Å². The lowest BCUT2D eigenvalue weighted by Crippen LogP contribution is -2.45. The molecule has 1 aromatic carbocycles. The molecule has 32 heavy (non-hydrogen) atoms. The average molecular weight is 455 g/mol. The lowest BCUT2D eigenvalue weighted by Gasteiger charge is -2.33. The van der Waals surface area contributed by atoms with E-state index in [4.69, 9.17) is 11.6 Å². The van der Waals surface area contributed by atoms with E-state index in [1.807, 2.05) is 18.9 Å². The third-order valence-electron chi connectivity index (χ3n) is 5.69. The van der Waals surface area contributed by atoms with E-state index in [2.05, 4.69) is 9.88 Å². The van der Waals surface area contributed by atoms with Crippen LogP contribution in [-0.2, 0) is 6.54 Å². The third-order valence-corrected chi connectivity index (χ3v) is 5.94. The molecule has 4 rings (SSSR count). The smallest absolute Gasteiger partial charge is 0.202 e. The number of pyridine rings is 2. The molecule has 3 heterocycles. The monoisotopic (exact) mass is 454 g/mol. The van der Waals surface area contributed by atoms with Gasteiger partial charge in [0.25, 0.3) is 0 Å². The normalized spacial score (nSPS) is 15.1. The molecule has 1 aliphatic rings. The van der Waals surface area contributed by atoms with E-state index in [0.717, 1.165) is 18.7 Å². The predicted octanol–water partition coefficient (Wildman–Crippen LogP) is 3.86.